The van der Waals surface area contributed by atoms with Gasteiger partial charge >= 0.3 is 39.5 Å². The number of rotatable bonds is 80. The van der Waals surface area contributed by atoms with Crippen molar-refractivity contribution in [2.45, 2.75) is 446 Å². The van der Waals surface area contributed by atoms with Gasteiger partial charge in [0.15, 0.2) is 12.2 Å². The summed E-state index contributed by atoms with van der Waals surface area (Å²) in [7, 11) is -9.92. The lowest BCUT2D eigenvalue weighted by Gasteiger charge is -2.21. The van der Waals surface area contributed by atoms with Crippen LogP contribution in [0.1, 0.15) is 427 Å². The number of phosphoric acid groups is 2. The summed E-state index contributed by atoms with van der Waals surface area (Å²) in [6.07, 6.45) is 61.1. The van der Waals surface area contributed by atoms with Crippen LogP contribution in [0.15, 0.2) is 0 Å². The zero-order valence-electron chi connectivity index (χ0n) is 66.4. The van der Waals surface area contributed by atoms with Gasteiger partial charge in [-0.05, 0) is 43.4 Å². The Bertz CT molecular complexity index is 1960. The van der Waals surface area contributed by atoms with E-state index in [-0.39, 0.29) is 25.7 Å². The van der Waals surface area contributed by atoms with Gasteiger partial charge in [0.1, 0.15) is 19.3 Å². The largest absolute Gasteiger partial charge is 0.472 e. The van der Waals surface area contributed by atoms with E-state index in [1.807, 2.05) is 0 Å². The fourth-order valence-corrected chi connectivity index (χ4v) is 14.2. The van der Waals surface area contributed by atoms with Crippen molar-refractivity contribution in [3.05, 3.63) is 0 Å². The molecule has 0 rings (SSSR count). The van der Waals surface area contributed by atoms with E-state index >= 15 is 0 Å². The Kier molecular flexibility index (Phi) is 70.9. The number of phosphoric ester groups is 2. The van der Waals surface area contributed by atoms with Crippen molar-refractivity contribution in [1.29, 1.82) is 0 Å². The molecule has 101 heavy (non-hydrogen) atoms. The molecule has 0 aliphatic rings. The maximum Gasteiger partial charge on any atom is 0.472 e. The molecule has 0 amide bonds. The Morgan fingerprint density at radius 3 is 0.752 bits per heavy atom. The van der Waals surface area contributed by atoms with E-state index in [0.717, 1.165) is 108 Å². The smallest absolute Gasteiger partial charge is 0.462 e. The number of hydrogen-bond donors (Lipinski definition) is 3. The molecule has 0 radical (unpaired) electrons. The number of carbonyl (C=O) groups is 4. The first-order valence-corrected chi connectivity index (χ1v) is 45.4. The molecule has 0 saturated heterocycles. The van der Waals surface area contributed by atoms with Crippen LogP contribution >= 0.6 is 15.6 Å². The average Bonchev–Trinajstić information content (AvgIpc) is 0.960. The zero-order chi connectivity index (χ0) is 74.4. The molecular formula is C82H160O17P2. The lowest BCUT2D eigenvalue weighted by Crippen LogP contribution is -2.30. The van der Waals surface area contributed by atoms with Crippen molar-refractivity contribution >= 4 is 39.5 Å². The van der Waals surface area contributed by atoms with Gasteiger partial charge in [-0.3, -0.25) is 37.3 Å². The Balaban J connectivity index is 5.22. The highest BCUT2D eigenvalue weighted by Crippen LogP contribution is 2.45. The van der Waals surface area contributed by atoms with Crippen molar-refractivity contribution in [1.82, 2.24) is 0 Å². The third-order valence-corrected chi connectivity index (χ3v) is 21.4. The number of esters is 4. The van der Waals surface area contributed by atoms with Crippen molar-refractivity contribution in [3.63, 3.8) is 0 Å². The van der Waals surface area contributed by atoms with E-state index in [1.165, 1.54) is 238 Å². The predicted molar refractivity (Wildman–Crippen MR) is 414 cm³/mol. The van der Waals surface area contributed by atoms with Gasteiger partial charge in [-0.1, -0.05) is 376 Å². The molecule has 0 aliphatic carbocycles. The van der Waals surface area contributed by atoms with Gasteiger partial charge in [-0.2, -0.15) is 0 Å². The molecular weight excluding hydrogens is 1320 g/mol. The molecule has 3 unspecified atom stereocenters. The number of ether oxygens (including phenoxy) is 4. The van der Waals surface area contributed by atoms with Gasteiger partial charge in [-0.15, -0.1) is 0 Å². The number of unbranched alkanes of at least 4 members (excludes halogenated alkanes) is 47. The number of carbonyl (C=O) groups excluding carboxylic acids is 4. The van der Waals surface area contributed by atoms with Crippen LogP contribution in [-0.4, -0.2) is 96.7 Å². The summed E-state index contributed by atoms with van der Waals surface area (Å²) in [5.74, 6) is 0.193. The maximum absolute atomic E-state index is 13.1. The van der Waals surface area contributed by atoms with E-state index in [9.17, 15) is 43.2 Å². The Labute approximate surface area is 619 Å². The van der Waals surface area contributed by atoms with Gasteiger partial charge in [-0.25, -0.2) is 9.13 Å². The van der Waals surface area contributed by atoms with Crippen molar-refractivity contribution in [3.8, 4) is 0 Å². The van der Waals surface area contributed by atoms with Gasteiger partial charge in [0.2, 0.25) is 0 Å². The number of aliphatic hydroxyl groups excluding tert-OH is 1. The molecule has 0 aromatic heterocycles. The Hall–Kier alpha value is -1.94. The normalized spacial score (nSPS) is 14.2. The monoisotopic (exact) mass is 1480 g/mol. The van der Waals surface area contributed by atoms with Crippen LogP contribution in [0.25, 0.3) is 0 Å². The predicted octanol–water partition coefficient (Wildman–Crippen LogP) is 24.5. The molecule has 600 valence electrons. The summed E-state index contributed by atoms with van der Waals surface area (Å²) in [5, 5.41) is 10.6. The standard InChI is InChI=1S/C82H160O17P2/c1-8-10-11-12-13-14-15-16-17-18-19-20-21-22-23-24-25-26-36-44-51-58-65-81(86)98-77(69-92-79(84)63-56-49-42-35-30-28-34-41-48-55-62-75(7)9-2)71-96-100(88,89)94-67-76(83)68-95-101(90,91)97-72-78(70-93-80(85)64-57-50-43-38-31-33-40-47-54-61-74(5)6)99-82(87)66-59-52-45-37-29-27-32-39-46-53-60-73(3)4/h73-78,83H,8-72H2,1-7H3,(H,88,89)(H,90,91)/t75?,76-,77-,78-/m1/s1. The fourth-order valence-electron chi connectivity index (χ4n) is 12.6. The summed E-state index contributed by atoms with van der Waals surface area (Å²) in [5.41, 5.74) is 0. The van der Waals surface area contributed by atoms with Crippen molar-refractivity contribution < 1.29 is 80.2 Å². The third-order valence-electron chi connectivity index (χ3n) is 19.5. The first-order valence-electron chi connectivity index (χ1n) is 42.4. The first kappa shape index (κ1) is 99.1. The highest BCUT2D eigenvalue weighted by molar-refractivity contribution is 7.47. The van der Waals surface area contributed by atoms with Gasteiger partial charge < -0.3 is 33.8 Å². The summed E-state index contributed by atoms with van der Waals surface area (Å²) in [6.45, 7) is 11.9. The van der Waals surface area contributed by atoms with Crippen LogP contribution in [0, 0.1) is 17.8 Å². The Morgan fingerprint density at radius 2 is 0.505 bits per heavy atom. The van der Waals surface area contributed by atoms with Crippen LogP contribution in [0.5, 0.6) is 0 Å². The minimum absolute atomic E-state index is 0.106. The molecule has 19 heteroatoms. The molecule has 6 atom stereocenters. The minimum atomic E-state index is -4.96. The summed E-state index contributed by atoms with van der Waals surface area (Å²) in [4.78, 5) is 73.1. The van der Waals surface area contributed by atoms with Gasteiger partial charge in [0.25, 0.3) is 0 Å². The molecule has 0 aliphatic heterocycles. The second-order valence-electron chi connectivity index (χ2n) is 30.7. The molecule has 0 spiro atoms. The third kappa shape index (κ3) is 74.7. The minimum Gasteiger partial charge on any atom is -0.462 e. The average molecular weight is 1480 g/mol. The topological polar surface area (TPSA) is 237 Å². The molecule has 0 heterocycles. The molecule has 0 aromatic rings. The lowest BCUT2D eigenvalue weighted by atomic mass is 9.99. The van der Waals surface area contributed by atoms with Crippen LogP contribution in [0.2, 0.25) is 0 Å². The van der Waals surface area contributed by atoms with Crippen LogP contribution in [0.3, 0.4) is 0 Å². The second-order valence-corrected chi connectivity index (χ2v) is 33.6. The number of aliphatic hydroxyl groups is 1. The Morgan fingerprint density at radius 1 is 0.287 bits per heavy atom. The van der Waals surface area contributed by atoms with Crippen LogP contribution in [0.4, 0.5) is 0 Å². The van der Waals surface area contributed by atoms with Crippen LogP contribution < -0.4 is 0 Å². The van der Waals surface area contributed by atoms with E-state index in [2.05, 4.69) is 48.5 Å². The summed E-state index contributed by atoms with van der Waals surface area (Å²) in [6, 6.07) is 0. The quantitative estimate of drug-likeness (QED) is 0.0222. The molecule has 0 aromatic carbocycles. The molecule has 0 fully saturated rings. The van der Waals surface area contributed by atoms with Crippen molar-refractivity contribution in [2.24, 2.45) is 17.8 Å². The first-order chi connectivity index (χ1) is 48.8. The van der Waals surface area contributed by atoms with E-state index in [0.29, 0.717) is 25.7 Å². The highest BCUT2D eigenvalue weighted by atomic mass is 31.2. The zero-order valence-corrected chi connectivity index (χ0v) is 68.2. The summed E-state index contributed by atoms with van der Waals surface area (Å²) < 4.78 is 68.7. The molecule has 17 nitrogen and oxygen atoms in total. The molecule has 0 bridgehead atoms. The highest BCUT2D eigenvalue weighted by Gasteiger charge is 2.30. The van der Waals surface area contributed by atoms with E-state index in [4.69, 9.17) is 37.0 Å². The SMILES string of the molecule is CCCCCCCCCCCCCCCCCCCCCCCCC(=O)O[C@H](COC(=O)CCCCCCCCCCCCC(C)CC)COP(=O)(O)OC[C@@H](O)COP(=O)(O)OC[C@@H](COC(=O)CCCCCCCCCCCC(C)C)OC(=O)CCCCCCCCCCCCC(C)C. The number of hydrogen-bond acceptors (Lipinski definition) is 15. The molecule has 0 saturated carbocycles. The second kappa shape index (κ2) is 72.3. The lowest BCUT2D eigenvalue weighted by molar-refractivity contribution is -0.161. The summed E-state index contributed by atoms with van der Waals surface area (Å²) >= 11 is 0. The van der Waals surface area contributed by atoms with Crippen molar-refractivity contribution in [2.75, 3.05) is 39.6 Å². The maximum atomic E-state index is 13.1. The molecule has 3 N–H and O–H groups in total. The van der Waals surface area contributed by atoms with Crippen LogP contribution in [-0.2, 0) is 65.4 Å². The van der Waals surface area contributed by atoms with Gasteiger partial charge in [0, 0.05) is 25.7 Å². The van der Waals surface area contributed by atoms with E-state index in [1.54, 1.807) is 0 Å². The van der Waals surface area contributed by atoms with Gasteiger partial charge in [0.05, 0.1) is 26.4 Å². The van der Waals surface area contributed by atoms with E-state index < -0.39 is 97.5 Å². The fraction of sp³-hybridized carbons (Fsp3) is 0.951.